The highest BCUT2D eigenvalue weighted by molar-refractivity contribution is 8.21. The van der Waals surface area contributed by atoms with Gasteiger partial charge in [0.15, 0.2) is 0 Å². The van der Waals surface area contributed by atoms with Gasteiger partial charge in [-0.1, -0.05) is 118 Å². The van der Waals surface area contributed by atoms with Gasteiger partial charge >= 0.3 is 5.97 Å². The molecule has 2 heterocycles. The van der Waals surface area contributed by atoms with Crippen molar-refractivity contribution in [3.8, 4) is 0 Å². The minimum atomic E-state index is -0.307. The van der Waals surface area contributed by atoms with Gasteiger partial charge in [-0.05, 0) is 40.9 Å². The van der Waals surface area contributed by atoms with E-state index in [0.29, 0.717) is 11.8 Å². The van der Waals surface area contributed by atoms with Crippen LogP contribution in [0.3, 0.4) is 0 Å². The predicted octanol–water partition coefficient (Wildman–Crippen LogP) is 8.36. The Balaban J connectivity index is 1.33. The van der Waals surface area contributed by atoms with Crippen LogP contribution >= 0.6 is 23.5 Å². The van der Waals surface area contributed by atoms with Crippen molar-refractivity contribution < 1.29 is 9.53 Å². The van der Waals surface area contributed by atoms with E-state index in [0.717, 1.165) is 37.4 Å². The Kier molecular flexibility index (Phi) is 8.59. The SMILES string of the molecule is C[C@@H]1CC[C@@H](C(C)(C)c2ccccc2)[C@H](OC(=O)[C@H]2[C@@H](c3ccccc3)CN(Cc3ccccc3)C23SCCS3)C1. The van der Waals surface area contributed by atoms with Gasteiger partial charge < -0.3 is 4.74 Å². The van der Waals surface area contributed by atoms with Crippen molar-refractivity contribution in [2.75, 3.05) is 18.1 Å². The van der Waals surface area contributed by atoms with E-state index in [9.17, 15) is 4.79 Å². The topological polar surface area (TPSA) is 29.5 Å². The van der Waals surface area contributed by atoms with Crippen molar-refractivity contribution in [2.45, 2.75) is 68.2 Å². The van der Waals surface area contributed by atoms with Crippen molar-refractivity contribution in [1.82, 2.24) is 4.90 Å². The second-order valence-corrected chi connectivity index (χ2v) is 15.7. The molecule has 5 atom stereocenters. The second-order valence-electron chi connectivity index (χ2n) is 12.8. The second kappa shape index (κ2) is 12.2. The molecule has 216 valence electrons. The quantitative estimate of drug-likeness (QED) is 0.260. The molecule has 6 rings (SSSR count). The maximum atomic E-state index is 14.7. The Bertz CT molecular complexity index is 1290. The van der Waals surface area contributed by atoms with E-state index in [1.165, 1.54) is 23.1 Å². The molecule has 0 N–H and O–H groups in total. The monoisotopic (exact) mass is 585 g/mol. The molecule has 0 aromatic heterocycles. The zero-order chi connectivity index (χ0) is 28.5. The molecule has 0 radical (unpaired) electrons. The minimum Gasteiger partial charge on any atom is -0.462 e. The van der Waals surface area contributed by atoms with Gasteiger partial charge in [0.25, 0.3) is 0 Å². The lowest BCUT2D eigenvalue weighted by atomic mass is 9.64. The van der Waals surface area contributed by atoms with E-state index in [-0.39, 0.29) is 33.5 Å². The molecule has 1 saturated carbocycles. The average Bonchev–Trinajstić information content (AvgIpc) is 3.60. The molecule has 0 unspecified atom stereocenters. The molecule has 0 bridgehead atoms. The summed E-state index contributed by atoms with van der Waals surface area (Å²) in [5.74, 6) is 2.86. The van der Waals surface area contributed by atoms with Crippen LogP contribution in [0.5, 0.6) is 0 Å². The molecular formula is C36H43NO2S2. The highest BCUT2D eigenvalue weighted by Gasteiger charge is 2.61. The zero-order valence-corrected chi connectivity index (χ0v) is 26.2. The number of hydrogen-bond acceptors (Lipinski definition) is 5. The van der Waals surface area contributed by atoms with E-state index in [2.05, 4.69) is 117 Å². The Morgan fingerprint density at radius 2 is 1.51 bits per heavy atom. The van der Waals surface area contributed by atoms with Crippen LogP contribution in [0.2, 0.25) is 0 Å². The van der Waals surface area contributed by atoms with Gasteiger partial charge in [0.1, 0.15) is 16.2 Å². The Morgan fingerprint density at radius 1 is 0.902 bits per heavy atom. The first kappa shape index (κ1) is 28.9. The van der Waals surface area contributed by atoms with Gasteiger partial charge in [-0.15, -0.1) is 23.5 Å². The van der Waals surface area contributed by atoms with Crippen LogP contribution in [0.4, 0.5) is 0 Å². The van der Waals surface area contributed by atoms with E-state index < -0.39 is 0 Å². The average molecular weight is 586 g/mol. The van der Waals surface area contributed by atoms with E-state index >= 15 is 0 Å². The molecule has 5 heteroatoms. The molecular weight excluding hydrogens is 543 g/mol. The van der Waals surface area contributed by atoms with Crippen molar-refractivity contribution >= 4 is 29.5 Å². The normalized spacial score (nSPS) is 28.1. The highest BCUT2D eigenvalue weighted by atomic mass is 32.2. The lowest BCUT2D eigenvalue weighted by Gasteiger charge is -2.45. The van der Waals surface area contributed by atoms with Gasteiger partial charge in [0.05, 0.1) is 0 Å². The van der Waals surface area contributed by atoms with Gasteiger partial charge in [-0.2, -0.15) is 0 Å². The summed E-state index contributed by atoms with van der Waals surface area (Å²) in [6.45, 7) is 8.72. The third kappa shape index (κ3) is 5.75. The number of esters is 1. The van der Waals surface area contributed by atoms with Gasteiger partial charge in [0, 0.05) is 36.4 Å². The van der Waals surface area contributed by atoms with Crippen LogP contribution in [-0.2, 0) is 21.5 Å². The van der Waals surface area contributed by atoms with Crippen molar-refractivity contribution in [2.24, 2.45) is 17.8 Å². The molecule has 2 aliphatic heterocycles. The number of benzene rings is 3. The van der Waals surface area contributed by atoms with Gasteiger partial charge in [-0.25, -0.2) is 0 Å². The van der Waals surface area contributed by atoms with Crippen LogP contribution in [0.25, 0.3) is 0 Å². The van der Waals surface area contributed by atoms with Gasteiger partial charge in [0.2, 0.25) is 0 Å². The highest BCUT2D eigenvalue weighted by Crippen LogP contribution is 2.60. The molecule has 41 heavy (non-hydrogen) atoms. The van der Waals surface area contributed by atoms with Gasteiger partial charge in [-0.3, -0.25) is 9.69 Å². The number of carbonyl (C=O) groups excluding carboxylic acids is 1. The fourth-order valence-corrected chi connectivity index (χ4v) is 11.2. The summed E-state index contributed by atoms with van der Waals surface area (Å²) in [5.41, 5.74) is 3.80. The molecule has 2 saturated heterocycles. The molecule has 3 aromatic carbocycles. The third-order valence-corrected chi connectivity index (χ3v) is 13.5. The van der Waals surface area contributed by atoms with Crippen molar-refractivity contribution in [3.63, 3.8) is 0 Å². The number of rotatable bonds is 7. The maximum absolute atomic E-state index is 14.7. The summed E-state index contributed by atoms with van der Waals surface area (Å²) in [4.78, 5) is 17.3. The fourth-order valence-electron chi connectivity index (χ4n) is 7.58. The summed E-state index contributed by atoms with van der Waals surface area (Å²) in [6, 6.07) is 32.3. The summed E-state index contributed by atoms with van der Waals surface area (Å²) in [5, 5.41) is 0. The predicted molar refractivity (Wildman–Crippen MR) is 173 cm³/mol. The lowest BCUT2D eigenvalue weighted by molar-refractivity contribution is -0.162. The molecule has 0 amide bonds. The first-order chi connectivity index (χ1) is 19.9. The van der Waals surface area contributed by atoms with E-state index in [1.807, 2.05) is 23.5 Å². The minimum absolute atomic E-state index is 0.00396. The van der Waals surface area contributed by atoms with E-state index in [4.69, 9.17) is 4.74 Å². The summed E-state index contributed by atoms with van der Waals surface area (Å²) in [7, 11) is 0. The summed E-state index contributed by atoms with van der Waals surface area (Å²) in [6.07, 6.45) is 3.14. The molecule has 3 nitrogen and oxygen atoms in total. The summed E-state index contributed by atoms with van der Waals surface area (Å²) >= 11 is 3.94. The molecule has 1 aliphatic carbocycles. The van der Waals surface area contributed by atoms with Crippen molar-refractivity contribution in [1.29, 1.82) is 0 Å². The smallest absolute Gasteiger partial charge is 0.313 e. The molecule has 3 fully saturated rings. The lowest BCUT2D eigenvalue weighted by Crippen LogP contribution is -2.47. The standard InChI is InChI=1S/C36H43NO2S2/c1-26-19-20-31(35(2,3)29-17-11-6-12-18-29)32(23-26)39-34(38)33-30(28-15-9-5-10-16-28)25-37(36(33)40-21-22-41-36)24-27-13-7-4-8-14-27/h4-18,26,30-33H,19-25H2,1-3H3/t26-,30-,31-,32-,33-/m1/s1. The molecule has 1 spiro atoms. The molecule has 3 aliphatic rings. The van der Waals surface area contributed by atoms with E-state index in [1.54, 1.807) is 0 Å². The number of likely N-dealkylation sites (tertiary alicyclic amines) is 1. The van der Waals surface area contributed by atoms with Crippen LogP contribution < -0.4 is 0 Å². The van der Waals surface area contributed by atoms with Crippen LogP contribution in [-0.4, -0.2) is 39.2 Å². The molecule has 3 aromatic rings. The summed E-state index contributed by atoms with van der Waals surface area (Å²) < 4.78 is 6.50. The van der Waals surface area contributed by atoms with Crippen LogP contribution in [0, 0.1) is 17.8 Å². The number of hydrogen-bond donors (Lipinski definition) is 0. The fraction of sp³-hybridized carbons (Fsp3) is 0.472. The third-order valence-electron chi connectivity index (χ3n) is 9.82. The largest absolute Gasteiger partial charge is 0.462 e. The van der Waals surface area contributed by atoms with Crippen LogP contribution in [0.1, 0.15) is 62.6 Å². The van der Waals surface area contributed by atoms with Crippen LogP contribution in [0.15, 0.2) is 91.0 Å². The Labute approximate surface area is 254 Å². The first-order valence-electron chi connectivity index (χ1n) is 15.3. The Morgan fingerprint density at radius 3 is 2.17 bits per heavy atom. The van der Waals surface area contributed by atoms with Crippen molar-refractivity contribution in [3.05, 3.63) is 108 Å². The maximum Gasteiger partial charge on any atom is 0.313 e. The number of ether oxygens (including phenoxy) is 1. The zero-order valence-electron chi connectivity index (χ0n) is 24.6. The number of carbonyl (C=O) groups is 1. The number of thioether (sulfide) groups is 2. The Hall–Kier alpha value is -2.21. The number of nitrogens with zero attached hydrogens (tertiary/aromatic N) is 1. The first-order valence-corrected chi connectivity index (χ1v) is 17.2.